The molecule has 38 heavy (non-hydrogen) atoms. The molecule has 0 aliphatic carbocycles. The Balaban J connectivity index is 1.67. The van der Waals surface area contributed by atoms with Crippen LogP contribution in [0.5, 0.6) is 11.5 Å². The number of Topliss-reactive ketones (excluding diaryl/α,β-unsaturated/α-hetero) is 1. The lowest BCUT2D eigenvalue weighted by Crippen LogP contribution is -2.29. The van der Waals surface area contributed by atoms with Crippen LogP contribution in [0, 0.1) is 0 Å². The summed E-state index contributed by atoms with van der Waals surface area (Å²) in [7, 11) is 1.59. The molecule has 1 fully saturated rings. The van der Waals surface area contributed by atoms with E-state index in [9.17, 15) is 14.7 Å². The maximum Gasteiger partial charge on any atom is 0.295 e. The van der Waals surface area contributed by atoms with Crippen LogP contribution >= 0.6 is 0 Å². The monoisotopic (exact) mass is 507 g/mol. The fourth-order valence-corrected chi connectivity index (χ4v) is 4.92. The summed E-state index contributed by atoms with van der Waals surface area (Å²) >= 11 is 0. The molecule has 5 rings (SSSR count). The topological polar surface area (TPSA) is 76.1 Å². The predicted molar refractivity (Wildman–Crippen MR) is 147 cm³/mol. The van der Waals surface area contributed by atoms with E-state index in [0.29, 0.717) is 22.6 Å². The van der Waals surface area contributed by atoms with Crippen molar-refractivity contribution in [2.75, 3.05) is 7.11 Å². The molecule has 6 nitrogen and oxygen atoms in total. The lowest BCUT2D eigenvalue weighted by atomic mass is 9.93. The highest BCUT2D eigenvalue weighted by Crippen LogP contribution is 2.42. The first-order chi connectivity index (χ1) is 18.4. The average molecular weight is 508 g/mol. The maximum absolute atomic E-state index is 13.5. The summed E-state index contributed by atoms with van der Waals surface area (Å²) in [6.45, 7) is 4.05. The number of carbonyl (C=O) groups excluding carboxylic acids is 2. The fraction of sp³-hybridized carbons (Fsp3) is 0.188. The molecule has 1 aliphatic rings. The van der Waals surface area contributed by atoms with Gasteiger partial charge in [-0.05, 0) is 60.0 Å². The van der Waals surface area contributed by atoms with E-state index in [4.69, 9.17) is 9.47 Å². The van der Waals surface area contributed by atoms with Crippen molar-refractivity contribution in [2.24, 2.45) is 0 Å². The first-order valence-electron chi connectivity index (χ1n) is 12.5. The van der Waals surface area contributed by atoms with Gasteiger partial charge >= 0.3 is 0 Å². The van der Waals surface area contributed by atoms with Crippen molar-refractivity contribution < 1.29 is 24.2 Å². The van der Waals surface area contributed by atoms with Crippen LogP contribution in [0.15, 0.2) is 96.6 Å². The molecule has 4 aromatic carbocycles. The second-order valence-corrected chi connectivity index (χ2v) is 9.54. The molecule has 1 N–H and O–H groups in total. The van der Waals surface area contributed by atoms with Gasteiger partial charge in [-0.1, -0.05) is 66.7 Å². The van der Waals surface area contributed by atoms with E-state index in [2.05, 4.69) is 0 Å². The lowest BCUT2D eigenvalue weighted by Gasteiger charge is -2.26. The smallest absolute Gasteiger partial charge is 0.295 e. The minimum absolute atomic E-state index is 0.0495. The van der Waals surface area contributed by atoms with Crippen molar-refractivity contribution in [1.82, 2.24) is 4.90 Å². The molecule has 0 aromatic heterocycles. The third-order valence-electron chi connectivity index (χ3n) is 6.64. The zero-order valence-electron chi connectivity index (χ0n) is 21.5. The van der Waals surface area contributed by atoms with Gasteiger partial charge in [0.05, 0.1) is 24.8 Å². The second kappa shape index (κ2) is 10.4. The van der Waals surface area contributed by atoms with Gasteiger partial charge in [-0.25, -0.2) is 0 Å². The van der Waals surface area contributed by atoms with Gasteiger partial charge in [0.15, 0.2) is 0 Å². The SMILES string of the molecule is COc1ccc(CN2C(=O)C(=O)/C(=C(\O)c3cccc4ccccc34)C2c2cccc(OC(C)C)c2)cc1. The zero-order valence-corrected chi connectivity index (χ0v) is 21.5. The number of carbonyl (C=O) groups is 2. The molecular formula is C32H29NO5. The number of benzene rings is 4. The Hall–Kier alpha value is -4.58. The summed E-state index contributed by atoms with van der Waals surface area (Å²) in [5.74, 6) is -0.260. The van der Waals surface area contributed by atoms with Crippen LogP contribution in [-0.4, -0.2) is 34.9 Å². The number of nitrogens with zero attached hydrogens (tertiary/aromatic N) is 1. The number of aliphatic hydroxyl groups is 1. The minimum atomic E-state index is -0.799. The summed E-state index contributed by atoms with van der Waals surface area (Å²) in [6.07, 6.45) is -0.0495. The number of amides is 1. The van der Waals surface area contributed by atoms with Crippen molar-refractivity contribution in [3.05, 3.63) is 113 Å². The van der Waals surface area contributed by atoms with Crippen molar-refractivity contribution in [2.45, 2.75) is 32.5 Å². The van der Waals surface area contributed by atoms with Crippen LogP contribution in [0.25, 0.3) is 16.5 Å². The van der Waals surface area contributed by atoms with Crippen LogP contribution in [0.1, 0.15) is 36.6 Å². The molecule has 1 saturated heterocycles. The van der Waals surface area contributed by atoms with Gasteiger partial charge < -0.3 is 19.5 Å². The van der Waals surface area contributed by atoms with Crippen LogP contribution < -0.4 is 9.47 Å². The number of likely N-dealkylation sites (tertiary alicyclic amines) is 1. The van der Waals surface area contributed by atoms with Crippen LogP contribution in [0.2, 0.25) is 0 Å². The molecule has 0 spiro atoms. The molecule has 1 atom stereocenters. The van der Waals surface area contributed by atoms with E-state index in [0.717, 1.165) is 16.3 Å². The normalized spacial score (nSPS) is 16.8. The van der Waals surface area contributed by atoms with Crippen molar-refractivity contribution in [1.29, 1.82) is 0 Å². The molecule has 0 bridgehead atoms. The molecule has 6 heteroatoms. The third-order valence-corrected chi connectivity index (χ3v) is 6.64. The van der Waals surface area contributed by atoms with Gasteiger partial charge in [0, 0.05) is 12.1 Å². The van der Waals surface area contributed by atoms with Gasteiger partial charge in [-0.15, -0.1) is 0 Å². The summed E-state index contributed by atoms with van der Waals surface area (Å²) in [6, 6.07) is 27.1. The minimum Gasteiger partial charge on any atom is -0.507 e. The second-order valence-electron chi connectivity index (χ2n) is 9.54. The average Bonchev–Trinajstić information content (AvgIpc) is 3.17. The fourth-order valence-electron chi connectivity index (χ4n) is 4.92. The van der Waals surface area contributed by atoms with Crippen LogP contribution in [0.3, 0.4) is 0 Å². The first kappa shape index (κ1) is 25.1. The number of hydrogen-bond acceptors (Lipinski definition) is 5. The molecular weight excluding hydrogens is 478 g/mol. The first-order valence-corrected chi connectivity index (χ1v) is 12.5. The molecule has 0 radical (unpaired) electrons. The van der Waals surface area contributed by atoms with Crippen LogP contribution in [-0.2, 0) is 16.1 Å². The lowest BCUT2D eigenvalue weighted by molar-refractivity contribution is -0.140. The zero-order chi connectivity index (χ0) is 26.8. The van der Waals surface area contributed by atoms with Crippen molar-refractivity contribution in [3.8, 4) is 11.5 Å². The summed E-state index contributed by atoms with van der Waals surface area (Å²) in [5, 5.41) is 13.4. The number of rotatable bonds is 7. The number of ether oxygens (including phenoxy) is 2. The van der Waals surface area contributed by atoms with E-state index in [1.54, 1.807) is 13.2 Å². The highest BCUT2D eigenvalue weighted by atomic mass is 16.5. The van der Waals surface area contributed by atoms with Crippen LogP contribution in [0.4, 0.5) is 0 Å². The van der Waals surface area contributed by atoms with Gasteiger partial charge in [-0.2, -0.15) is 0 Å². The van der Waals surface area contributed by atoms with Crippen molar-refractivity contribution in [3.63, 3.8) is 0 Å². The Bertz CT molecular complexity index is 1530. The number of aliphatic hydroxyl groups excluding tert-OH is 1. The number of fused-ring (bicyclic) bond motifs is 1. The standard InChI is InChI=1S/C32H29NO5/c1-20(2)38-25-11-6-10-23(18-25)29-28(30(34)27-13-7-9-22-8-4-5-12-26(22)27)31(35)32(36)33(29)19-21-14-16-24(37-3)17-15-21/h4-18,20,29,34H,19H2,1-3H3/b30-28-. The Kier molecular flexibility index (Phi) is 6.88. The molecule has 1 aliphatic heterocycles. The van der Waals surface area contributed by atoms with Crippen molar-refractivity contribution >= 4 is 28.2 Å². The van der Waals surface area contributed by atoms with E-state index < -0.39 is 17.7 Å². The third kappa shape index (κ3) is 4.73. The summed E-state index contributed by atoms with van der Waals surface area (Å²) in [4.78, 5) is 28.5. The molecule has 1 heterocycles. The summed E-state index contributed by atoms with van der Waals surface area (Å²) in [5.41, 5.74) is 2.07. The molecule has 0 saturated carbocycles. The maximum atomic E-state index is 13.5. The molecule has 1 unspecified atom stereocenters. The highest BCUT2D eigenvalue weighted by Gasteiger charge is 2.46. The Morgan fingerprint density at radius 2 is 1.61 bits per heavy atom. The van der Waals surface area contributed by atoms with Gasteiger partial charge in [0.1, 0.15) is 17.3 Å². The van der Waals surface area contributed by atoms with Gasteiger partial charge in [0.2, 0.25) is 0 Å². The van der Waals surface area contributed by atoms with E-state index in [-0.39, 0.29) is 24.0 Å². The van der Waals surface area contributed by atoms with E-state index in [1.807, 2.05) is 98.8 Å². The predicted octanol–water partition coefficient (Wildman–Crippen LogP) is 6.26. The van der Waals surface area contributed by atoms with E-state index in [1.165, 1.54) is 4.90 Å². The van der Waals surface area contributed by atoms with Gasteiger partial charge in [0.25, 0.3) is 11.7 Å². The Morgan fingerprint density at radius 3 is 2.34 bits per heavy atom. The quantitative estimate of drug-likeness (QED) is 0.182. The Morgan fingerprint density at radius 1 is 0.895 bits per heavy atom. The highest BCUT2D eigenvalue weighted by molar-refractivity contribution is 6.46. The Labute approximate surface area is 221 Å². The molecule has 4 aromatic rings. The number of hydrogen-bond donors (Lipinski definition) is 1. The molecule has 1 amide bonds. The largest absolute Gasteiger partial charge is 0.507 e. The number of ketones is 1. The number of methoxy groups -OCH3 is 1. The molecule has 192 valence electrons. The summed E-state index contributed by atoms with van der Waals surface area (Å²) < 4.78 is 11.2. The van der Waals surface area contributed by atoms with Gasteiger partial charge in [-0.3, -0.25) is 9.59 Å². The van der Waals surface area contributed by atoms with E-state index >= 15 is 0 Å².